The lowest BCUT2D eigenvalue weighted by molar-refractivity contribution is -0.123. The van der Waals surface area contributed by atoms with Crippen molar-refractivity contribution in [1.82, 2.24) is 5.43 Å². The van der Waals surface area contributed by atoms with Gasteiger partial charge in [0.05, 0.1) is 16.3 Å². The van der Waals surface area contributed by atoms with E-state index in [1.807, 2.05) is 24.3 Å². The zero-order chi connectivity index (χ0) is 24.1. The van der Waals surface area contributed by atoms with Gasteiger partial charge in [-0.25, -0.2) is 10.2 Å². The SMILES string of the molecule is O=C(COc1ccc(Cl)cc1Cl)N/N=C\c1ccccc1OC(=O)c1sc2ccccc2c1Cl. The Balaban J connectivity index is 1.39. The quantitative estimate of drug-likeness (QED) is 0.125. The van der Waals surface area contributed by atoms with Crippen LogP contribution in [0.3, 0.4) is 0 Å². The Hall–Kier alpha value is -3.10. The number of fused-ring (bicyclic) bond motifs is 1. The van der Waals surface area contributed by atoms with E-state index in [0.717, 1.165) is 10.1 Å². The summed E-state index contributed by atoms with van der Waals surface area (Å²) >= 11 is 19.5. The molecule has 1 N–H and O–H groups in total. The number of nitrogens with one attached hydrogen (secondary N) is 1. The molecule has 0 aliphatic heterocycles. The normalized spacial score (nSPS) is 11.0. The average molecular weight is 534 g/mol. The second-order valence-electron chi connectivity index (χ2n) is 6.83. The highest BCUT2D eigenvalue weighted by atomic mass is 35.5. The molecule has 0 bridgehead atoms. The van der Waals surface area contributed by atoms with Crippen molar-refractivity contribution in [3.8, 4) is 11.5 Å². The highest BCUT2D eigenvalue weighted by Gasteiger charge is 2.19. The maximum absolute atomic E-state index is 12.8. The van der Waals surface area contributed by atoms with Crippen molar-refractivity contribution < 1.29 is 19.1 Å². The van der Waals surface area contributed by atoms with Crippen molar-refractivity contribution in [3.63, 3.8) is 0 Å². The summed E-state index contributed by atoms with van der Waals surface area (Å²) in [6.45, 7) is -0.306. The summed E-state index contributed by atoms with van der Waals surface area (Å²) in [6.07, 6.45) is 1.36. The summed E-state index contributed by atoms with van der Waals surface area (Å²) in [6, 6.07) is 18.9. The number of rotatable bonds is 7. The van der Waals surface area contributed by atoms with E-state index in [-0.39, 0.29) is 12.4 Å². The van der Waals surface area contributed by atoms with E-state index >= 15 is 0 Å². The molecular formula is C24H15Cl3N2O4S. The number of amides is 1. The zero-order valence-electron chi connectivity index (χ0n) is 17.3. The lowest BCUT2D eigenvalue weighted by atomic mass is 10.2. The van der Waals surface area contributed by atoms with Crippen LogP contribution in [0, 0.1) is 0 Å². The van der Waals surface area contributed by atoms with Gasteiger partial charge >= 0.3 is 5.97 Å². The highest BCUT2D eigenvalue weighted by molar-refractivity contribution is 7.21. The molecule has 4 rings (SSSR count). The van der Waals surface area contributed by atoms with Crippen LogP contribution in [-0.4, -0.2) is 24.7 Å². The summed E-state index contributed by atoms with van der Waals surface area (Å²) in [7, 11) is 0. The molecule has 0 unspecified atom stereocenters. The fraction of sp³-hybridized carbons (Fsp3) is 0.0417. The highest BCUT2D eigenvalue weighted by Crippen LogP contribution is 2.36. The fourth-order valence-corrected chi connectivity index (χ4v) is 4.76. The van der Waals surface area contributed by atoms with E-state index in [9.17, 15) is 9.59 Å². The maximum Gasteiger partial charge on any atom is 0.355 e. The minimum Gasteiger partial charge on any atom is -0.482 e. The van der Waals surface area contributed by atoms with E-state index in [1.165, 1.54) is 23.6 Å². The summed E-state index contributed by atoms with van der Waals surface area (Å²) in [5.74, 6) is -0.497. The van der Waals surface area contributed by atoms with Crippen LogP contribution < -0.4 is 14.9 Å². The molecule has 1 heterocycles. The van der Waals surface area contributed by atoms with Crippen molar-refractivity contribution >= 4 is 74.3 Å². The molecule has 4 aromatic rings. The largest absolute Gasteiger partial charge is 0.482 e. The molecule has 172 valence electrons. The van der Waals surface area contributed by atoms with Crippen LogP contribution >= 0.6 is 46.1 Å². The molecule has 0 saturated heterocycles. The van der Waals surface area contributed by atoms with Gasteiger partial charge in [-0.3, -0.25) is 4.79 Å². The molecule has 34 heavy (non-hydrogen) atoms. The summed E-state index contributed by atoms with van der Waals surface area (Å²) in [5, 5.41) is 5.80. The summed E-state index contributed by atoms with van der Waals surface area (Å²) in [5.41, 5.74) is 2.83. The zero-order valence-corrected chi connectivity index (χ0v) is 20.3. The fourth-order valence-electron chi connectivity index (χ4n) is 2.91. The smallest absolute Gasteiger partial charge is 0.355 e. The molecule has 0 aliphatic carbocycles. The number of carbonyl (C=O) groups excluding carboxylic acids is 2. The Kier molecular flexibility index (Phi) is 7.70. The number of carbonyl (C=O) groups is 2. The van der Waals surface area contributed by atoms with Crippen molar-refractivity contribution in [3.05, 3.63) is 92.2 Å². The van der Waals surface area contributed by atoms with Gasteiger partial charge in [-0.15, -0.1) is 11.3 Å². The second-order valence-corrected chi connectivity index (χ2v) is 9.10. The molecule has 1 amide bonds. The van der Waals surface area contributed by atoms with Crippen molar-refractivity contribution in [2.45, 2.75) is 0 Å². The molecular weight excluding hydrogens is 519 g/mol. The number of benzene rings is 3. The molecule has 0 aliphatic rings. The van der Waals surface area contributed by atoms with Crippen LogP contribution in [0.1, 0.15) is 15.2 Å². The van der Waals surface area contributed by atoms with Crippen LogP contribution in [-0.2, 0) is 4.79 Å². The molecule has 0 radical (unpaired) electrons. The van der Waals surface area contributed by atoms with Crippen molar-refractivity contribution in [1.29, 1.82) is 0 Å². The van der Waals surface area contributed by atoms with E-state index in [2.05, 4.69) is 10.5 Å². The lowest BCUT2D eigenvalue weighted by Gasteiger charge is -2.08. The van der Waals surface area contributed by atoms with Crippen LogP contribution in [0.4, 0.5) is 0 Å². The van der Waals surface area contributed by atoms with Crippen LogP contribution in [0.25, 0.3) is 10.1 Å². The van der Waals surface area contributed by atoms with E-state index < -0.39 is 11.9 Å². The van der Waals surface area contributed by atoms with E-state index in [0.29, 0.717) is 31.3 Å². The maximum atomic E-state index is 12.8. The summed E-state index contributed by atoms with van der Waals surface area (Å²) < 4.78 is 11.8. The standard InChI is InChI=1S/C24H15Cl3N2O4S/c25-15-9-10-19(17(26)11-15)32-13-21(30)29-28-12-14-5-1-3-7-18(14)33-24(31)23-22(27)16-6-2-4-8-20(16)34-23/h1-12H,13H2,(H,29,30)/b28-12-. The monoisotopic (exact) mass is 532 g/mol. The second kappa shape index (κ2) is 10.9. The topological polar surface area (TPSA) is 77.0 Å². The molecule has 10 heteroatoms. The first-order chi connectivity index (χ1) is 16.4. The van der Waals surface area contributed by atoms with Gasteiger partial charge in [0.15, 0.2) is 6.61 Å². The molecule has 0 saturated carbocycles. The van der Waals surface area contributed by atoms with Gasteiger partial charge in [0.1, 0.15) is 16.4 Å². The molecule has 1 aromatic heterocycles. The predicted octanol–water partition coefficient (Wildman–Crippen LogP) is 6.61. The molecule has 0 atom stereocenters. The number of ether oxygens (including phenoxy) is 2. The number of hydrogen-bond acceptors (Lipinski definition) is 6. The number of nitrogens with zero attached hydrogens (tertiary/aromatic N) is 1. The third kappa shape index (κ3) is 5.69. The van der Waals surface area contributed by atoms with Gasteiger partial charge in [-0.05, 0) is 36.4 Å². The predicted molar refractivity (Wildman–Crippen MR) is 136 cm³/mol. The van der Waals surface area contributed by atoms with Gasteiger partial charge in [-0.2, -0.15) is 5.10 Å². The summed E-state index contributed by atoms with van der Waals surface area (Å²) in [4.78, 5) is 25.1. The van der Waals surface area contributed by atoms with Gasteiger partial charge in [0, 0.05) is 20.7 Å². The number of hydrazone groups is 1. The number of halogens is 3. The Morgan fingerprint density at radius 2 is 1.74 bits per heavy atom. The van der Waals surface area contributed by atoms with E-state index in [1.54, 1.807) is 36.4 Å². The number of esters is 1. The Morgan fingerprint density at radius 1 is 0.971 bits per heavy atom. The first-order valence-corrected chi connectivity index (χ1v) is 11.8. The van der Waals surface area contributed by atoms with Crippen molar-refractivity contribution in [2.75, 3.05) is 6.61 Å². The Morgan fingerprint density at radius 3 is 2.53 bits per heavy atom. The van der Waals surface area contributed by atoms with Crippen molar-refractivity contribution in [2.24, 2.45) is 5.10 Å². The van der Waals surface area contributed by atoms with Gasteiger partial charge in [0.2, 0.25) is 0 Å². The number of hydrogen-bond donors (Lipinski definition) is 1. The number of para-hydroxylation sites is 1. The van der Waals surface area contributed by atoms with E-state index in [4.69, 9.17) is 44.3 Å². The van der Waals surface area contributed by atoms with Gasteiger partial charge in [0.25, 0.3) is 5.91 Å². The lowest BCUT2D eigenvalue weighted by Crippen LogP contribution is -2.24. The Labute approximate surface area is 213 Å². The molecule has 0 fully saturated rings. The first-order valence-electron chi connectivity index (χ1n) is 9.80. The third-order valence-electron chi connectivity index (χ3n) is 4.49. The molecule has 6 nitrogen and oxygen atoms in total. The van der Waals surface area contributed by atoms with Crippen LogP contribution in [0.15, 0.2) is 71.8 Å². The molecule has 3 aromatic carbocycles. The Bertz CT molecular complexity index is 1400. The minimum atomic E-state index is -0.579. The average Bonchev–Trinajstić information content (AvgIpc) is 3.16. The van der Waals surface area contributed by atoms with Crippen LogP contribution in [0.5, 0.6) is 11.5 Å². The minimum absolute atomic E-state index is 0.267. The first kappa shape index (κ1) is 24.0. The van der Waals surface area contributed by atoms with Gasteiger partial charge in [-0.1, -0.05) is 65.1 Å². The van der Waals surface area contributed by atoms with Gasteiger partial charge < -0.3 is 9.47 Å². The molecule has 0 spiro atoms. The number of thiophene rings is 1. The van der Waals surface area contributed by atoms with Crippen LogP contribution in [0.2, 0.25) is 15.1 Å². The third-order valence-corrected chi connectivity index (χ3v) is 6.67.